The van der Waals surface area contributed by atoms with E-state index >= 15 is 0 Å². The van der Waals surface area contributed by atoms with E-state index in [-0.39, 0.29) is 5.57 Å². The fourth-order valence-corrected chi connectivity index (χ4v) is 2.46. The molecule has 0 spiro atoms. The van der Waals surface area contributed by atoms with Gasteiger partial charge in [-0.25, -0.2) is 0 Å². The lowest BCUT2D eigenvalue weighted by Crippen LogP contribution is -2.13. The highest BCUT2D eigenvalue weighted by Crippen LogP contribution is 2.29. The lowest BCUT2D eigenvalue weighted by molar-refractivity contribution is -0.112. The SMILES string of the molecule is CCOc1ccc(/C=C(\C#N)C(=O)Nc2ccc(I)cc2)cc1OC. The zero-order chi connectivity index (χ0) is 18.2. The van der Waals surface area contributed by atoms with Gasteiger partial charge in [-0.3, -0.25) is 4.79 Å². The summed E-state index contributed by atoms with van der Waals surface area (Å²) in [6.07, 6.45) is 1.51. The van der Waals surface area contributed by atoms with Crippen LogP contribution in [-0.2, 0) is 4.79 Å². The standard InChI is InChI=1S/C19H17IN2O3/c1-3-25-17-9-4-13(11-18(17)24-2)10-14(12-21)19(23)22-16-7-5-15(20)6-8-16/h4-11H,3H2,1-2H3,(H,22,23)/b14-10+. The lowest BCUT2D eigenvalue weighted by Gasteiger charge is -2.10. The van der Waals surface area contributed by atoms with Gasteiger partial charge in [0.05, 0.1) is 13.7 Å². The van der Waals surface area contributed by atoms with Crippen LogP contribution in [0.5, 0.6) is 11.5 Å². The van der Waals surface area contributed by atoms with Crippen molar-refractivity contribution in [2.75, 3.05) is 19.0 Å². The highest BCUT2D eigenvalue weighted by Gasteiger charge is 2.11. The van der Waals surface area contributed by atoms with Crippen LogP contribution in [0.3, 0.4) is 0 Å². The van der Waals surface area contributed by atoms with Gasteiger partial charge in [0.25, 0.3) is 5.91 Å². The molecule has 1 N–H and O–H groups in total. The molecule has 25 heavy (non-hydrogen) atoms. The summed E-state index contributed by atoms with van der Waals surface area (Å²) in [5, 5.41) is 12.0. The van der Waals surface area contributed by atoms with Crippen LogP contribution in [0, 0.1) is 14.9 Å². The first-order valence-corrected chi connectivity index (χ1v) is 8.64. The van der Waals surface area contributed by atoms with Gasteiger partial charge in [0.1, 0.15) is 11.6 Å². The van der Waals surface area contributed by atoms with Gasteiger partial charge in [-0.15, -0.1) is 0 Å². The molecule has 0 aliphatic carbocycles. The second-order valence-corrected chi connectivity index (χ2v) is 6.22. The van der Waals surface area contributed by atoms with Crippen molar-refractivity contribution in [2.45, 2.75) is 6.92 Å². The number of methoxy groups -OCH3 is 1. The Morgan fingerprint density at radius 2 is 1.96 bits per heavy atom. The maximum Gasteiger partial charge on any atom is 0.266 e. The van der Waals surface area contributed by atoms with Gasteiger partial charge < -0.3 is 14.8 Å². The van der Waals surface area contributed by atoms with Crippen LogP contribution >= 0.6 is 22.6 Å². The number of nitrogens with one attached hydrogen (secondary N) is 1. The first-order valence-electron chi connectivity index (χ1n) is 7.57. The maximum atomic E-state index is 12.3. The summed E-state index contributed by atoms with van der Waals surface area (Å²) in [6, 6.07) is 14.5. The number of benzene rings is 2. The van der Waals surface area contributed by atoms with E-state index in [4.69, 9.17) is 9.47 Å². The number of rotatable bonds is 6. The molecule has 0 fully saturated rings. The van der Waals surface area contributed by atoms with Crippen molar-refractivity contribution in [1.82, 2.24) is 0 Å². The van der Waals surface area contributed by atoms with E-state index in [2.05, 4.69) is 27.9 Å². The van der Waals surface area contributed by atoms with Crippen LogP contribution < -0.4 is 14.8 Å². The Balaban J connectivity index is 2.22. The molecule has 2 rings (SSSR count). The van der Waals surface area contributed by atoms with E-state index in [1.807, 2.05) is 25.1 Å². The van der Waals surface area contributed by atoms with Crippen LogP contribution in [0.1, 0.15) is 12.5 Å². The number of carbonyl (C=O) groups is 1. The molecule has 128 valence electrons. The molecular formula is C19H17IN2O3. The highest BCUT2D eigenvalue weighted by molar-refractivity contribution is 14.1. The molecule has 2 aromatic carbocycles. The van der Waals surface area contributed by atoms with Crippen molar-refractivity contribution in [3.8, 4) is 17.6 Å². The van der Waals surface area contributed by atoms with Crippen molar-refractivity contribution in [3.05, 3.63) is 57.2 Å². The predicted octanol–water partition coefficient (Wildman–Crippen LogP) is 4.24. The molecule has 0 aromatic heterocycles. The second kappa shape index (κ2) is 9.08. The van der Waals surface area contributed by atoms with E-state index < -0.39 is 5.91 Å². The summed E-state index contributed by atoms with van der Waals surface area (Å²) < 4.78 is 11.8. The van der Waals surface area contributed by atoms with Crippen molar-refractivity contribution >= 4 is 40.3 Å². The number of hydrogen-bond donors (Lipinski definition) is 1. The average Bonchev–Trinajstić information content (AvgIpc) is 2.62. The summed E-state index contributed by atoms with van der Waals surface area (Å²) in [4.78, 5) is 12.3. The molecule has 0 unspecified atom stereocenters. The number of nitriles is 1. The average molecular weight is 448 g/mol. The molecule has 6 heteroatoms. The van der Waals surface area contributed by atoms with Gasteiger partial charge in [-0.05, 0) is 77.6 Å². The third-order valence-electron chi connectivity index (χ3n) is 3.27. The molecule has 0 saturated heterocycles. The van der Waals surface area contributed by atoms with E-state index in [0.29, 0.717) is 29.4 Å². The Kier molecular flexibility index (Phi) is 6.83. The Hall–Kier alpha value is -2.53. The molecule has 1 amide bonds. The molecular weight excluding hydrogens is 431 g/mol. The number of hydrogen-bond acceptors (Lipinski definition) is 4. The van der Waals surface area contributed by atoms with Crippen molar-refractivity contribution in [3.63, 3.8) is 0 Å². The number of carbonyl (C=O) groups excluding carboxylic acids is 1. The van der Waals surface area contributed by atoms with Crippen molar-refractivity contribution < 1.29 is 14.3 Å². The second-order valence-electron chi connectivity index (χ2n) is 4.97. The number of amides is 1. The minimum absolute atomic E-state index is 0.00441. The van der Waals surface area contributed by atoms with Gasteiger partial charge in [0.2, 0.25) is 0 Å². The summed E-state index contributed by atoms with van der Waals surface area (Å²) >= 11 is 2.18. The molecule has 0 radical (unpaired) electrons. The Morgan fingerprint density at radius 1 is 1.24 bits per heavy atom. The summed E-state index contributed by atoms with van der Waals surface area (Å²) in [5.41, 5.74) is 1.32. The Labute approximate surface area is 160 Å². The largest absolute Gasteiger partial charge is 0.493 e. The third kappa shape index (κ3) is 5.22. The number of halogens is 1. The van der Waals surface area contributed by atoms with Gasteiger partial charge >= 0.3 is 0 Å². The van der Waals surface area contributed by atoms with Gasteiger partial charge in [0, 0.05) is 9.26 Å². The molecule has 5 nitrogen and oxygen atoms in total. The fourth-order valence-electron chi connectivity index (χ4n) is 2.10. The first-order chi connectivity index (χ1) is 12.1. The minimum atomic E-state index is -0.462. The zero-order valence-electron chi connectivity index (χ0n) is 13.9. The Morgan fingerprint density at radius 3 is 2.56 bits per heavy atom. The normalized spacial score (nSPS) is 10.7. The number of ether oxygens (including phenoxy) is 2. The first kappa shape index (κ1) is 18.8. The van der Waals surface area contributed by atoms with Gasteiger partial charge in [-0.2, -0.15) is 5.26 Å². The fraction of sp³-hybridized carbons (Fsp3) is 0.158. The summed E-state index contributed by atoms with van der Waals surface area (Å²) in [6.45, 7) is 2.41. The highest BCUT2D eigenvalue weighted by atomic mass is 127. The van der Waals surface area contributed by atoms with E-state index in [1.54, 1.807) is 37.4 Å². The summed E-state index contributed by atoms with van der Waals surface area (Å²) in [5.74, 6) is 0.700. The molecule has 2 aromatic rings. The van der Waals surface area contributed by atoms with Crippen molar-refractivity contribution in [2.24, 2.45) is 0 Å². The van der Waals surface area contributed by atoms with Gasteiger partial charge in [0.15, 0.2) is 11.5 Å². The third-order valence-corrected chi connectivity index (χ3v) is 3.98. The number of anilines is 1. The lowest BCUT2D eigenvalue weighted by atomic mass is 10.1. The monoisotopic (exact) mass is 448 g/mol. The molecule has 0 aliphatic rings. The van der Waals surface area contributed by atoms with E-state index in [9.17, 15) is 10.1 Å². The topological polar surface area (TPSA) is 71.3 Å². The van der Waals surface area contributed by atoms with Crippen LogP contribution in [0.4, 0.5) is 5.69 Å². The van der Waals surface area contributed by atoms with Crippen molar-refractivity contribution in [1.29, 1.82) is 5.26 Å². The van der Waals surface area contributed by atoms with Crippen LogP contribution in [0.2, 0.25) is 0 Å². The maximum absolute atomic E-state index is 12.3. The van der Waals surface area contributed by atoms with Crippen LogP contribution in [0.25, 0.3) is 6.08 Å². The zero-order valence-corrected chi connectivity index (χ0v) is 16.0. The minimum Gasteiger partial charge on any atom is -0.493 e. The van der Waals surface area contributed by atoms with E-state index in [1.165, 1.54) is 6.08 Å². The van der Waals surface area contributed by atoms with E-state index in [0.717, 1.165) is 3.57 Å². The quantitative estimate of drug-likeness (QED) is 0.408. The predicted molar refractivity (Wildman–Crippen MR) is 106 cm³/mol. The molecule has 0 bridgehead atoms. The number of nitrogens with zero attached hydrogens (tertiary/aromatic N) is 1. The van der Waals surface area contributed by atoms with Gasteiger partial charge in [-0.1, -0.05) is 6.07 Å². The van der Waals surface area contributed by atoms with Crippen LogP contribution in [-0.4, -0.2) is 19.6 Å². The molecule has 0 heterocycles. The summed E-state index contributed by atoms with van der Waals surface area (Å²) in [7, 11) is 1.54. The Bertz CT molecular complexity index is 824. The molecule has 0 saturated carbocycles. The van der Waals surface area contributed by atoms with Crippen LogP contribution in [0.15, 0.2) is 48.0 Å². The molecule has 0 atom stereocenters. The molecule has 0 aliphatic heterocycles. The smallest absolute Gasteiger partial charge is 0.266 e.